The van der Waals surface area contributed by atoms with Gasteiger partial charge in [0.2, 0.25) is 0 Å². The van der Waals surface area contributed by atoms with E-state index in [0.717, 1.165) is 12.3 Å². The molecule has 0 bridgehead atoms. The zero-order valence-corrected chi connectivity index (χ0v) is 11.6. The average molecular weight is 252 g/mol. The number of hydrogen-bond donors (Lipinski definition) is 1. The minimum absolute atomic E-state index is 0.527. The van der Waals surface area contributed by atoms with Crippen LogP contribution in [0.2, 0.25) is 0 Å². The van der Waals surface area contributed by atoms with Gasteiger partial charge in [-0.1, -0.05) is 6.42 Å². The Morgan fingerprint density at radius 2 is 2.22 bits per heavy atom. The molecule has 1 aliphatic rings. The summed E-state index contributed by atoms with van der Waals surface area (Å²) in [5.74, 6) is 1.32. The van der Waals surface area contributed by atoms with Crippen molar-refractivity contribution in [3.63, 3.8) is 0 Å². The topological polar surface area (TPSA) is 49.5 Å². The Balaban J connectivity index is 2.01. The van der Waals surface area contributed by atoms with Crippen LogP contribution in [0.5, 0.6) is 0 Å². The highest BCUT2D eigenvalue weighted by Gasteiger charge is 2.26. The largest absolute Gasteiger partial charge is 0.443 e. The number of rotatable bonds is 4. The Hall–Kier alpha value is -0.870. The minimum Gasteiger partial charge on any atom is -0.443 e. The third-order valence-electron chi connectivity index (χ3n) is 3.73. The molecule has 4 nitrogen and oxygen atoms in total. The van der Waals surface area contributed by atoms with Gasteiger partial charge in [0.05, 0.1) is 6.20 Å². The van der Waals surface area contributed by atoms with Gasteiger partial charge in [-0.25, -0.2) is 4.98 Å². The molecule has 2 unspecified atom stereocenters. The maximum absolute atomic E-state index is 9.44. The van der Waals surface area contributed by atoms with Gasteiger partial charge in [-0.2, -0.15) is 0 Å². The van der Waals surface area contributed by atoms with E-state index in [1.165, 1.54) is 25.8 Å². The maximum Gasteiger partial charge on any atom is 0.196 e. The predicted molar refractivity (Wildman–Crippen MR) is 70.3 cm³/mol. The summed E-state index contributed by atoms with van der Waals surface area (Å²) in [5.41, 5.74) is 0. The van der Waals surface area contributed by atoms with Crippen molar-refractivity contribution in [2.24, 2.45) is 0 Å². The molecule has 1 N–H and O–H groups in total. The summed E-state index contributed by atoms with van der Waals surface area (Å²) in [7, 11) is 0. The van der Waals surface area contributed by atoms with Gasteiger partial charge in [-0.05, 0) is 40.2 Å². The van der Waals surface area contributed by atoms with Crippen molar-refractivity contribution in [2.45, 2.75) is 64.6 Å². The Kier molecular flexibility index (Phi) is 4.40. The molecule has 0 aliphatic carbocycles. The molecular formula is C14H24N2O2. The second-order valence-electron chi connectivity index (χ2n) is 5.52. The van der Waals surface area contributed by atoms with Gasteiger partial charge in [-0.15, -0.1) is 0 Å². The number of aliphatic hydroxyl groups is 1. The fourth-order valence-electron chi connectivity index (χ4n) is 2.74. The summed E-state index contributed by atoms with van der Waals surface area (Å²) in [5, 5.41) is 9.44. The zero-order valence-electron chi connectivity index (χ0n) is 11.6. The van der Waals surface area contributed by atoms with Gasteiger partial charge in [0, 0.05) is 18.5 Å². The van der Waals surface area contributed by atoms with Crippen LogP contribution in [0.3, 0.4) is 0 Å². The standard InChI is InChI=1S/C14H24N2O2/c1-10(2)16-7-5-4-6-12(16)8-14-15-9-13(18-14)11(3)17/h9-12,17H,4-8H2,1-3H3. The van der Waals surface area contributed by atoms with Crippen LogP contribution in [0, 0.1) is 0 Å². The van der Waals surface area contributed by atoms with E-state index in [0.29, 0.717) is 17.8 Å². The molecule has 0 saturated carbocycles. The molecule has 102 valence electrons. The third-order valence-corrected chi connectivity index (χ3v) is 3.73. The highest BCUT2D eigenvalue weighted by Crippen LogP contribution is 2.23. The zero-order chi connectivity index (χ0) is 13.1. The normalized spacial score (nSPS) is 23.5. The van der Waals surface area contributed by atoms with Crippen molar-refractivity contribution >= 4 is 0 Å². The Morgan fingerprint density at radius 1 is 1.44 bits per heavy atom. The van der Waals surface area contributed by atoms with E-state index in [4.69, 9.17) is 4.42 Å². The molecule has 1 fully saturated rings. The van der Waals surface area contributed by atoms with Crippen molar-refractivity contribution in [2.75, 3.05) is 6.54 Å². The van der Waals surface area contributed by atoms with Gasteiger partial charge >= 0.3 is 0 Å². The van der Waals surface area contributed by atoms with Gasteiger partial charge in [-0.3, -0.25) is 4.90 Å². The third kappa shape index (κ3) is 3.12. The fourth-order valence-corrected chi connectivity index (χ4v) is 2.74. The molecule has 2 atom stereocenters. The van der Waals surface area contributed by atoms with Gasteiger partial charge in [0.15, 0.2) is 11.7 Å². The highest BCUT2D eigenvalue weighted by molar-refractivity contribution is 4.99. The van der Waals surface area contributed by atoms with Crippen molar-refractivity contribution in [1.82, 2.24) is 9.88 Å². The van der Waals surface area contributed by atoms with Gasteiger partial charge in [0.1, 0.15) is 6.10 Å². The summed E-state index contributed by atoms with van der Waals surface area (Å²) in [6.45, 7) is 7.36. The SMILES string of the molecule is CC(O)c1cnc(CC2CCCCN2C(C)C)o1. The monoisotopic (exact) mass is 252 g/mol. The number of nitrogens with zero attached hydrogens (tertiary/aromatic N) is 2. The van der Waals surface area contributed by atoms with Crippen LogP contribution in [-0.4, -0.2) is 33.6 Å². The smallest absolute Gasteiger partial charge is 0.196 e. The van der Waals surface area contributed by atoms with E-state index in [-0.39, 0.29) is 0 Å². The molecule has 2 heterocycles. The summed E-state index contributed by atoms with van der Waals surface area (Å²) < 4.78 is 5.59. The molecule has 1 aromatic rings. The van der Waals surface area contributed by atoms with E-state index < -0.39 is 6.10 Å². The predicted octanol–water partition coefficient (Wildman–Crippen LogP) is 2.53. The fraction of sp³-hybridized carbons (Fsp3) is 0.786. The summed E-state index contributed by atoms with van der Waals surface area (Å²) >= 11 is 0. The van der Waals surface area contributed by atoms with Crippen LogP contribution in [-0.2, 0) is 6.42 Å². The molecule has 18 heavy (non-hydrogen) atoms. The first-order valence-electron chi connectivity index (χ1n) is 6.96. The van der Waals surface area contributed by atoms with E-state index in [1.54, 1.807) is 13.1 Å². The first kappa shape index (κ1) is 13.6. The van der Waals surface area contributed by atoms with Crippen LogP contribution < -0.4 is 0 Å². The quantitative estimate of drug-likeness (QED) is 0.894. The molecule has 0 aromatic carbocycles. The first-order chi connectivity index (χ1) is 8.58. The lowest BCUT2D eigenvalue weighted by Crippen LogP contribution is -2.45. The van der Waals surface area contributed by atoms with Crippen LogP contribution in [0.1, 0.15) is 57.8 Å². The van der Waals surface area contributed by atoms with Crippen LogP contribution in [0.4, 0.5) is 0 Å². The lowest BCUT2D eigenvalue weighted by atomic mass is 9.98. The lowest BCUT2D eigenvalue weighted by molar-refractivity contribution is 0.105. The minimum atomic E-state index is -0.571. The Morgan fingerprint density at radius 3 is 2.83 bits per heavy atom. The lowest BCUT2D eigenvalue weighted by Gasteiger charge is -2.38. The van der Waals surface area contributed by atoms with Crippen molar-refractivity contribution < 1.29 is 9.52 Å². The number of aromatic nitrogens is 1. The number of hydrogen-bond acceptors (Lipinski definition) is 4. The van der Waals surface area contributed by atoms with E-state index >= 15 is 0 Å². The molecule has 2 rings (SSSR count). The van der Waals surface area contributed by atoms with Crippen molar-refractivity contribution in [3.05, 3.63) is 17.8 Å². The van der Waals surface area contributed by atoms with E-state index in [1.807, 2.05) is 0 Å². The van der Waals surface area contributed by atoms with Crippen LogP contribution in [0.15, 0.2) is 10.6 Å². The number of aliphatic hydroxyl groups excluding tert-OH is 1. The van der Waals surface area contributed by atoms with E-state index in [9.17, 15) is 5.11 Å². The van der Waals surface area contributed by atoms with E-state index in [2.05, 4.69) is 23.7 Å². The number of likely N-dealkylation sites (tertiary alicyclic amines) is 1. The summed E-state index contributed by atoms with van der Waals surface area (Å²) in [6, 6.07) is 1.10. The molecule has 0 radical (unpaired) electrons. The van der Waals surface area contributed by atoms with Crippen LogP contribution in [0.25, 0.3) is 0 Å². The summed E-state index contributed by atoms with van der Waals surface area (Å²) in [4.78, 5) is 6.81. The van der Waals surface area contributed by atoms with Crippen molar-refractivity contribution in [1.29, 1.82) is 0 Å². The maximum atomic E-state index is 9.44. The van der Waals surface area contributed by atoms with Crippen molar-refractivity contribution in [3.8, 4) is 0 Å². The molecule has 0 spiro atoms. The molecule has 1 aliphatic heterocycles. The average Bonchev–Trinajstić information content (AvgIpc) is 2.78. The van der Waals surface area contributed by atoms with Gasteiger partial charge in [0.25, 0.3) is 0 Å². The number of oxazole rings is 1. The molecule has 4 heteroatoms. The number of piperidine rings is 1. The second-order valence-corrected chi connectivity index (χ2v) is 5.52. The Labute approximate surface area is 109 Å². The van der Waals surface area contributed by atoms with Gasteiger partial charge < -0.3 is 9.52 Å². The molecule has 1 aromatic heterocycles. The first-order valence-corrected chi connectivity index (χ1v) is 6.96. The molecular weight excluding hydrogens is 228 g/mol. The second kappa shape index (κ2) is 5.85. The highest BCUT2D eigenvalue weighted by atomic mass is 16.4. The molecule has 0 amide bonds. The molecule has 1 saturated heterocycles. The Bertz CT molecular complexity index is 374. The van der Waals surface area contributed by atoms with Crippen LogP contribution >= 0.6 is 0 Å². The summed E-state index contributed by atoms with van der Waals surface area (Å²) in [6.07, 6.45) is 5.72.